The highest BCUT2D eigenvalue weighted by molar-refractivity contribution is 14.0. The van der Waals surface area contributed by atoms with E-state index in [2.05, 4.69) is 34.8 Å². The summed E-state index contributed by atoms with van der Waals surface area (Å²) in [5.74, 6) is 0.799. The molecule has 0 unspecified atom stereocenters. The molecule has 0 heterocycles. The number of benzene rings is 1. The Morgan fingerprint density at radius 3 is 2.50 bits per heavy atom. The number of unbranched alkanes of at least 4 members (excludes halogenated alkanes) is 1. The van der Waals surface area contributed by atoms with Gasteiger partial charge in [-0.1, -0.05) is 32.4 Å². The molecule has 0 atom stereocenters. The highest BCUT2D eigenvalue weighted by Crippen LogP contribution is 2.07. The maximum atomic E-state index is 12.0. The van der Waals surface area contributed by atoms with Crippen molar-refractivity contribution < 1.29 is 4.79 Å². The molecule has 0 saturated heterocycles. The van der Waals surface area contributed by atoms with Crippen LogP contribution in [0.4, 0.5) is 0 Å². The van der Waals surface area contributed by atoms with Crippen molar-refractivity contribution in [2.45, 2.75) is 46.6 Å². The predicted octanol–water partition coefficient (Wildman–Crippen LogP) is 3.30. The first kappa shape index (κ1) is 22.7. The molecule has 6 heteroatoms. The molecule has 0 saturated carbocycles. The lowest BCUT2D eigenvalue weighted by molar-refractivity contribution is 0.0953. The van der Waals surface area contributed by atoms with E-state index in [0.717, 1.165) is 43.9 Å². The summed E-state index contributed by atoms with van der Waals surface area (Å²) in [5, 5.41) is 9.45. The van der Waals surface area contributed by atoms with Crippen molar-refractivity contribution in [2.75, 3.05) is 19.6 Å². The second-order valence-electron chi connectivity index (χ2n) is 5.43. The summed E-state index contributed by atoms with van der Waals surface area (Å²) >= 11 is 0. The summed E-state index contributed by atoms with van der Waals surface area (Å²) in [4.78, 5) is 16.6. The second-order valence-corrected chi connectivity index (χ2v) is 5.43. The van der Waals surface area contributed by atoms with Crippen molar-refractivity contribution in [3.8, 4) is 0 Å². The molecule has 0 aromatic heterocycles. The Balaban J connectivity index is 0.00000529. The fourth-order valence-corrected chi connectivity index (χ4v) is 2.05. The fraction of sp³-hybridized carbons (Fsp3) is 0.556. The monoisotopic (exact) mass is 446 g/mol. The number of guanidine groups is 1. The summed E-state index contributed by atoms with van der Waals surface area (Å²) in [6, 6.07) is 7.64. The van der Waals surface area contributed by atoms with Gasteiger partial charge in [-0.25, -0.2) is 4.99 Å². The average molecular weight is 446 g/mol. The van der Waals surface area contributed by atoms with Crippen LogP contribution in [-0.2, 0) is 6.54 Å². The third-order valence-electron chi connectivity index (χ3n) is 3.31. The van der Waals surface area contributed by atoms with Crippen LogP contribution < -0.4 is 16.0 Å². The zero-order valence-electron chi connectivity index (χ0n) is 15.0. The highest BCUT2D eigenvalue weighted by Gasteiger charge is 2.05. The molecule has 0 bridgehead atoms. The number of aliphatic imine (C=N–C) groups is 1. The molecular weight excluding hydrogens is 415 g/mol. The molecule has 5 nitrogen and oxygen atoms in total. The highest BCUT2D eigenvalue weighted by atomic mass is 127. The van der Waals surface area contributed by atoms with Crippen LogP contribution in [0.15, 0.2) is 29.3 Å². The van der Waals surface area contributed by atoms with Crippen LogP contribution in [-0.4, -0.2) is 31.5 Å². The molecule has 3 N–H and O–H groups in total. The van der Waals surface area contributed by atoms with Gasteiger partial charge in [0.1, 0.15) is 0 Å². The third-order valence-corrected chi connectivity index (χ3v) is 3.31. The van der Waals surface area contributed by atoms with E-state index in [1.54, 1.807) is 0 Å². The summed E-state index contributed by atoms with van der Waals surface area (Å²) < 4.78 is 0. The molecular formula is C18H31IN4O. The van der Waals surface area contributed by atoms with Crippen molar-refractivity contribution in [3.63, 3.8) is 0 Å². The number of carbonyl (C=O) groups is 1. The molecule has 136 valence electrons. The van der Waals surface area contributed by atoms with E-state index >= 15 is 0 Å². The van der Waals surface area contributed by atoms with Crippen molar-refractivity contribution in [2.24, 2.45) is 4.99 Å². The number of rotatable bonds is 9. The summed E-state index contributed by atoms with van der Waals surface area (Å²) in [7, 11) is 0. The molecule has 1 aromatic carbocycles. The number of carbonyl (C=O) groups excluding carboxylic acids is 1. The Kier molecular flexibility index (Phi) is 13.3. The number of nitrogens with one attached hydrogen (secondary N) is 3. The quantitative estimate of drug-likeness (QED) is 0.236. The van der Waals surface area contributed by atoms with E-state index in [9.17, 15) is 4.79 Å². The van der Waals surface area contributed by atoms with E-state index < -0.39 is 0 Å². The number of hydrogen-bond donors (Lipinski definition) is 3. The number of nitrogens with zero attached hydrogens (tertiary/aromatic N) is 1. The number of hydrogen-bond acceptors (Lipinski definition) is 2. The summed E-state index contributed by atoms with van der Waals surface area (Å²) in [6.45, 7) is 9.26. The van der Waals surface area contributed by atoms with Crippen molar-refractivity contribution in [3.05, 3.63) is 35.4 Å². The topological polar surface area (TPSA) is 65.5 Å². The van der Waals surface area contributed by atoms with Crippen molar-refractivity contribution in [1.29, 1.82) is 0 Å². The lowest BCUT2D eigenvalue weighted by Crippen LogP contribution is -2.37. The van der Waals surface area contributed by atoms with Gasteiger partial charge >= 0.3 is 0 Å². The van der Waals surface area contributed by atoms with Crippen LogP contribution in [0.3, 0.4) is 0 Å². The van der Waals surface area contributed by atoms with Crippen LogP contribution in [0.2, 0.25) is 0 Å². The second kappa shape index (κ2) is 14.1. The van der Waals surface area contributed by atoms with Crippen LogP contribution in [0.5, 0.6) is 0 Å². The molecule has 0 aliphatic heterocycles. The molecule has 0 radical (unpaired) electrons. The van der Waals surface area contributed by atoms with E-state index in [1.165, 1.54) is 0 Å². The minimum absolute atomic E-state index is 0. The predicted molar refractivity (Wildman–Crippen MR) is 112 cm³/mol. The lowest BCUT2D eigenvalue weighted by Gasteiger charge is -2.11. The van der Waals surface area contributed by atoms with Gasteiger partial charge in [-0.2, -0.15) is 0 Å². The van der Waals surface area contributed by atoms with Gasteiger partial charge < -0.3 is 16.0 Å². The SMILES string of the molecule is CCCCNC(=NCc1cccc(C(=O)NCCC)c1)NCC.I. The number of halogens is 1. The smallest absolute Gasteiger partial charge is 0.251 e. The zero-order valence-corrected chi connectivity index (χ0v) is 17.4. The maximum absolute atomic E-state index is 12.0. The Morgan fingerprint density at radius 2 is 1.83 bits per heavy atom. The van der Waals surface area contributed by atoms with Crippen LogP contribution in [0, 0.1) is 0 Å². The molecule has 0 fully saturated rings. The van der Waals surface area contributed by atoms with Gasteiger partial charge in [-0.15, -0.1) is 24.0 Å². The van der Waals surface area contributed by atoms with Gasteiger partial charge in [0.25, 0.3) is 5.91 Å². The van der Waals surface area contributed by atoms with Gasteiger partial charge in [0.2, 0.25) is 0 Å². The zero-order chi connectivity index (χ0) is 16.9. The van der Waals surface area contributed by atoms with Gasteiger partial charge in [0.15, 0.2) is 5.96 Å². The molecule has 0 aliphatic carbocycles. The minimum Gasteiger partial charge on any atom is -0.357 e. The van der Waals surface area contributed by atoms with Crippen LogP contribution in [0.25, 0.3) is 0 Å². The Bertz CT molecular complexity index is 506. The van der Waals surface area contributed by atoms with Crippen LogP contribution >= 0.6 is 24.0 Å². The normalized spacial score (nSPS) is 10.7. The molecule has 1 aromatic rings. The average Bonchev–Trinajstić information content (AvgIpc) is 2.58. The van der Waals surface area contributed by atoms with Crippen LogP contribution in [0.1, 0.15) is 56.0 Å². The summed E-state index contributed by atoms with van der Waals surface area (Å²) in [6.07, 6.45) is 3.21. The minimum atomic E-state index is -0.0225. The first-order chi connectivity index (χ1) is 11.2. The third kappa shape index (κ3) is 9.10. The molecule has 1 amide bonds. The first-order valence-electron chi connectivity index (χ1n) is 8.60. The Labute approximate surface area is 163 Å². The van der Waals surface area contributed by atoms with Gasteiger partial charge in [0, 0.05) is 25.2 Å². The first-order valence-corrected chi connectivity index (χ1v) is 8.60. The standard InChI is InChI=1S/C18H30N4O.HI/c1-4-7-12-21-18(19-6-3)22-14-15-9-8-10-16(13-15)17(23)20-11-5-2;/h8-10,13H,4-7,11-12,14H2,1-3H3,(H,20,23)(H2,19,21,22);1H. The maximum Gasteiger partial charge on any atom is 0.251 e. The molecule has 1 rings (SSSR count). The molecule has 0 spiro atoms. The van der Waals surface area contributed by atoms with E-state index in [0.29, 0.717) is 18.7 Å². The Morgan fingerprint density at radius 1 is 1.04 bits per heavy atom. The van der Waals surface area contributed by atoms with E-state index in [1.807, 2.05) is 31.2 Å². The van der Waals surface area contributed by atoms with Crippen molar-refractivity contribution in [1.82, 2.24) is 16.0 Å². The van der Waals surface area contributed by atoms with Gasteiger partial charge in [-0.3, -0.25) is 4.79 Å². The fourth-order valence-electron chi connectivity index (χ4n) is 2.05. The Hall–Kier alpha value is -1.31. The van der Waals surface area contributed by atoms with Gasteiger partial charge in [-0.05, 0) is 37.5 Å². The largest absolute Gasteiger partial charge is 0.357 e. The van der Waals surface area contributed by atoms with Gasteiger partial charge in [0.05, 0.1) is 6.54 Å². The molecule has 24 heavy (non-hydrogen) atoms. The van der Waals surface area contributed by atoms with E-state index in [-0.39, 0.29) is 29.9 Å². The number of amides is 1. The molecule has 0 aliphatic rings. The lowest BCUT2D eigenvalue weighted by atomic mass is 10.1. The van der Waals surface area contributed by atoms with Crippen molar-refractivity contribution >= 4 is 35.8 Å². The van der Waals surface area contributed by atoms with E-state index in [4.69, 9.17) is 0 Å². The summed E-state index contributed by atoms with van der Waals surface area (Å²) in [5.41, 5.74) is 1.72.